The van der Waals surface area contributed by atoms with E-state index >= 15 is 0 Å². The molecule has 5 atom stereocenters. The van der Waals surface area contributed by atoms with Crippen molar-refractivity contribution in [2.75, 3.05) is 20.3 Å². The number of rotatable bonds is 5. The van der Waals surface area contributed by atoms with Gasteiger partial charge in [-0.25, -0.2) is 4.39 Å². The van der Waals surface area contributed by atoms with Crippen molar-refractivity contribution in [1.82, 2.24) is 15.8 Å². The Morgan fingerprint density at radius 1 is 1.39 bits per heavy atom. The van der Waals surface area contributed by atoms with Gasteiger partial charge in [0, 0.05) is 18.0 Å². The van der Waals surface area contributed by atoms with E-state index in [2.05, 4.69) is 10.7 Å². The second-order valence-electron chi connectivity index (χ2n) is 7.58. The Balaban J connectivity index is 1.78. The molecule has 2 fully saturated rings. The first kappa shape index (κ1) is 19.2. The van der Waals surface area contributed by atoms with Crippen molar-refractivity contribution in [3.8, 4) is 0 Å². The molecule has 0 bridgehead atoms. The van der Waals surface area contributed by atoms with Crippen molar-refractivity contribution in [1.29, 1.82) is 0 Å². The Kier molecular flexibility index (Phi) is 4.60. The molecule has 2 unspecified atom stereocenters. The molecule has 0 spiro atoms. The summed E-state index contributed by atoms with van der Waals surface area (Å²) in [5, 5.41) is 4.47. The van der Waals surface area contributed by atoms with Crippen LogP contribution in [-0.4, -0.2) is 42.6 Å². The minimum Gasteiger partial charge on any atom is -0.381 e. The van der Waals surface area contributed by atoms with Crippen LogP contribution in [0.2, 0.25) is 5.02 Å². The summed E-state index contributed by atoms with van der Waals surface area (Å²) in [7, 11) is 1.51. The van der Waals surface area contributed by atoms with Crippen molar-refractivity contribution >= 4 is 23.4 Å². The number of carbonyl (C=O) groups excluding carboxylic acids is 2. The number of fused-ring (bicyclic) bond motifs is 1. The van der Waals surface area contributed by atoms with E-state index < -0.39 is 23.3 Å². The summed E-state index contributed by atoms with van der Waals surface area (Å²) < 4.78 is 19.4. The number of ether oxygens (including phenoxy) is 1. The number of nitrogens with one attached hydrogen (secondary N) is 2. The molecule has 28 heavy (non-hydrogen) atoms. The summed E-state index contributed by atoms with van der Waals surface area (Å²) in [5.41, 5.74) is 8.53. The third kappa shape index (κ3) is 2.78. The zero-order valence-electron chi connectivity index (χ0n) is 15.5. The topological polar surface area (TPSA) is 96.7 Å². The summed E-state index contributed by atoms with van der Waals surface area (Å²) in [6.07, 6.45) is 1.61. The van der Waals surface area contributed by atoms with Crippen LogP contribution in [0.25, 0.3) is 0 Å². The van der Waals surface area contributed by atoms with Gasteiger partial charge < -0.3 is 21.2 Å². The fourth-order valence-electron chi connectivity index (χ4n) is 4.68. The van der Waals surface area contributed by atoms with Crippen LogP contribution in [0.1, 0.15) is 18.5 Å². The maximum Gasteiger partial charge on any atom is 0.268 e. The predicted molar refractivity (Wildman–Crippen MR) is 100 cm³/mol. The quantitative estimate of drug-likeness (QED) is 0.678. The van der Waals surface area contributed by atoms with Crippen LogP contribution in [0, 0.1) is 23.6 Å². The third-order valence-electron chi connectivity index (χ3n) is 6.09. The molecule has 2 amide bonds. The lowest BCUT2D eigenvalue weighted by Crippen LogP contribution is -2.60. The number of hydrogen-bond acceptors (Lipinski definition) is 5. The summed E-state index contributed by atoms with van der Waals surface area (Å²) in [6, 6.07) is 3.73. The molecule has 1 saturated heterocycles. The number of nitrogens with two attached hydrogens (primary N) is 1. The van der Waals surface area contributed by atoms with Gasteiger partial charge in [0.15, 0.2) is 0 Å². The number of hydrogen-bond donors (Lipinski definition) is 3. The number of likely N-dealkylation sites (N-methyl/N-ethyl adjacent to an activating group) is 1. The van der Waals surface area contributed by atoms with Crippen molar-refractivity contribution in [3.05, 3.63) is 46.4 Å². The molecule has 1 aliphatic carbocycles. The minimum atomic E-state index is -1.22. The van der Waals surface area contributed by atoms with Gasteiger partial charge in [0.25, 0.3) is 5.91 Å². The van der Waals surface area contributed by atoms with Crippen LogP contribution in [0.15, 0.2) is 30.0 Å². The highest BCUT2D eigenvalue weighted by Gasteiger charge is 2.69. The van der Waals surface area contributed by atoms with Crippen LogP contribution in [0.4, 0.5) is 4.39 Å². The molecule has 4 rings (SSSR count). The molecule has 1 aromatic rings. The fraction of sp³-hybridized carbons (Fsp3) is 0.474. The molecule has 2 aliphatic heterocycles. The smallest absolute Gasteiger partial charge is 0.268 e. The van der Waals surface area contributed by atoms with Gasteiger partial charge in [0.2, 0.25) is 5.91 Å². The second kappa shape index (κ2) is 6.72. The number of halogens is 2. The van der Waals surface area contributed by atoms with E-state index in [1.54, 1.807) is 17.2 Å². The number of amides is 2. The Bertz CT molecular complexity index is 848. The highest BCUT2D eigenvalue weighted by Crippen LogP contribution is 2.60. The van der Waals surface area contributed by atoms with Crippen molar-refractivity contribution in [2.24, 2.45) is 23.5 Å². The van der Waals surface area contributed by atoms with E-state index in [1.807, 2.05) is 6.92 Å². The number of nitrogens with zero attached hydrogens (tertiary/aromatic N) is 1. The van der Waals surface area contributed by atoms with Gasteiger partial charge in [-0.15, -0.1) is 0 Å². The first-order chi connectivity index (χ1) is 13.3. The molecule has 4 N–H and O–H groups in total. The van der Waals surface area contributed by atoms with Gasteiger partial charge >= 0.3 is 0 Å². The summed E-state index contributed by atoms with van der Waals surface area (Å²) in [6.45, 7) is 2.92. The molecule has 0 radical (unpaired) electrons. The summed E-state index contributed by atoms with van der Waals surface area (Å²) in [5.74, 6) is -1.10. The van der Waals surface area contributed by atoms with Crippen LogP contribution in [0.5, 0.6) is 0 Å². The number of primary amides is 1. The van der Waals surface area contributed by atoms with Crippen LogP contribution < -0.4 is 16.5 Å². The molecule has 0 aromatic heterocycles. The second-order valence-corrected chi connectivity index (χ2v) is 8.01. The lowest BCUT2D eigenvalue weighted by atomic mass is 9.87. The Morgan fingerprint density at radius 3 is 2.64 bits per heavy atom. The highest BCUT2D eigenvalue weighted by molar-refractivity contribution is 6.30. The van der Waals surface area contributed by atoms with E-state index in [4.69, 9.17) is 22.1 Å². The number of hydrazine groups is 1. The van der Waals surface area contributed by atoms with E-state index in [0.717, 1.165) is 0 Å². The monoisotopic (exact) mass is 408 g/mol. The maximum atomic E-state index is 13.9. The molecule has 150 valence electrons. The third-order valence-corrected chi connectivity index (χ3v) is 6.30. The zero-order chi connectivity index (χ0) is 20.2. The standard InChI is InChI=1S/C19H22ClFN4O3/c1-9(10-3-11(20)5-12(21)4-10)25-19(18(22)27,6-15(24-25)17(26)23-2)16-13-7-28-8-14(13)16/h3-6,9,13-14,16,24H,7-8H2,1-2H3,(H2,22,27)(H,23,26)/t9-,13-,14+,16?,19?/m0/s1. The zero-order valence-corrected chi connectivity index (χ0v) is 16.3. The lowest BCUT2D eigenvalue weighted by molar-refractivity contribution is -0.132. The molecule has 2 heterocycles. The van der Waals surface area contributed by atoms with E-state index in [0.29, 0.717) is 18.8 Å². The van der Waals surface area contributed by atoms with Gasteiger partial charge in [-0.05, 0) is 48.6 Å². The average Bonchev–Trinajstić information content (AvgIpc) is 3.00. The van der Waals surface area contributed by atoms with Crippen LogP contribution in [-0.2, 0) is 14.3 Å². The molecule has 1 aromatic carbocycles. The van der Waals surface area contributed by atoms with Gasteiger partial charge in [0.05, 0.1) is 19.3 Å². The van der Waals surface area contributed by atoms with E-state index in [9.17, 15) is 14.0 Å². The SMILES string of the molecule is CNC(=O)C1=CC(C(N)=O)(C2[C@H]3COC[C@@H]23)N([C@@H](C)c2cc(F)cc(Cl)c2)N1. The largest absolute Gasteiger partial charge is 0.381 e. The predicted octanol–water partition coefficient (Wildman–Crippen LogP) is 1.11. The lowest BCUT2D eigenvalue weighted by Gasteiger charge is -2.40. The maximum absolute atomic E-state index is 13.9. The van der Waals surface area contributed by atoms with Gasteiger partial charge in [-0.2, -0.15) is 5.01 Å². The Hall–Kier alpha value is -2.16. The highest BCUT2D eigenvalue weighted by atomic mass is 35.5. The summed E-state index contributed by atoms with van der Waals surface area (Å²) >= 11 is 6.02. The number of benzene rings is 1. The van der Waals surface area contributed by atoms with E-state index in [-0.39, 0.29) is 34.4 Å². The molecule has 3 aliphatic rings. The Morgan fingerprint density at radius 2 is 2.07 bits per heavy atom. The molecular formula is C19H22ClFN4O3. The molecule has 7 nitrogen and oxygen atoms in total. The first-order valence-electron chi connectivity index (χ1n) is 9.14. The van der Waals surface area contributed by atoms with Crippen molar-refractivity contribution in [3.63, 3.8) is 0 Å². The molecule has 9 heteroatoms. The fourth-order valence-corrected chi connectivity index (χ4v) is 4.91. The van der Waals surface area contributed by atoms with Crippen molar-refractivity contribution < 1.29 is 18.7 Å². The first-order valence-corrected chi connectivity index (χ1v) is 9.52. The average molecular weight is 409 g/mol. The van der Waals surface area contributed by atoms with E-state index in [1.165, 1.54) is 19.2 Å². The van der Waals surface area contributed by atoms with Crippen molar-refractivity contribution in [2.45, 2.75) is 18.5 Å². The van der Waals surface area contributed by atoms with Crippen LogP contribution >= 0.6 is 11.6 Å². The van der Waals surface area contributed by atoms with Crippen LogP contribution in [0.3, 0.4) is 0 Å². The summed E-state index contributed by atoms with van der Waals surface area (Å²) in [4.78, 5) is 25.1. The van der Waals surface area contributed by atoms with Gasteiger partial charge in [-0.1, -0.05) is 11.6 Å². The molecular weight excluding hydrogens is 387 g/mol. The number of carbonyl (C=O) groups is 2. The van der Waals surface area contributed by atoms with Gasteiger partial charge in [-0.3, -0.25) is 9.59 Å². The van der Waals surface area contributed by atoms with Gasteiger partial charge in [0.1, 0.15) is 17.1 Å². The Labute approximate surface area is 167 Å². The molecule has 1 saturated carbocycles. The normalized spacial score (nSPS) is 32.3. The minimum absolute atomic E-state index is 0.0834.